The van der Waals surface area contributed by atoms with E-state index in [2.05, 4.69) is 47.3 Å². The van der Waals surface area contributed by atoms with Gasteiger partial charge < -0.3 is 9.64 Å². The van der Waals surface area contributed by atoms with Gasteiger partial charge in [-0.15, -0.1) is 0 Å². The van der Waals surface area contributed by atoms with Crippen LogP contribution in [0.3, 0.4) is 0 Å². The van der Waals surface area contributed by atoms with Crippen molar-refractivity contribution >= 4 is 0 Å². The molecule has 0 spiro atoms. The Hall–Kier alpha value is -0.940. The lowest BCUT2D eigenvalue weighted by atomic mass is 10.0. The van der Waals surface area contributed by atoms with Gasteiger partial charge in [-0.3, -0.25) is 4.84 Å². The summed E-state index contributed by atoms with van der Waals surface area (Å²) in [6.45, 7) is 4.47. The van der Waals surface area contributed by atoms with Crippen LogP contribution in [0.2, 0.25) is 0 Å². The minimum atomic E-state index is 0.250. The van der Waals surface area contributed by atoms with Crippen molar-refractivity contribution < 1.29 is 9.57 Å². The van der Waals surface area contributed by atoms with Gasteiger partial charge in [0.05, 0.1) is 19.3 Å². The Morgan fingerprint density at radius 1 is 1.17 bits per heavy atom. The van der Waals surface area contributed by atoms with Crippen LogP contribution in [0.1, 0.15) is 11.6 Å². The molecule has 1 aromatic rings. The van der Waals surface area contributed by atoms with Crippen LogP contribution in [-0.4, -0.2) is 56.0 Å². The predicted octanol–water partition coefficient (Wildman–Crippen LogP) is 1.31. The lowest BCUT2D eigenvalue weighted by Gasteiger charge is -2.42. The van der Waals surface area contributed by atoms with E-state index in [9.17, 15) is 0 Å². The Morgan fingerprint density at radius 3 is 2.61 bits per heavy atom. The molecule has 0 saturated carbocycles. The summed E-state index contributed by atoms with van der Waals surface area (Å²) < 4.78 is 5.18. The Kier molecular flexibility index (Phi) is 3.61. The maximum absolute atomic E-state index is 6.02. The van der Waals surface area contributed by atoms with Gasteiger partial charge in [0.1, 0.15) is 6.10 Å². The van der Waals surface area contributed by atoms with Gasteiger partial charge in [-0.1, -0.05) is 30.3 Å². The number of hydrogen-bond donors (Lipinski definition) is 0. The molecule has 1 unspecified atom stereocenters. The molecule has 2 heterocycles. The van der Waals surface area contributed by atoms with Gasteiger partial charge in [0, 0.05) is 19.6 Å². The normalized spacial score (nSPS) is 27.1. The van der Waals surface area contributed by atoms with Crippen LogP contribution in [0.4, 0.5) is 0 Å². The maximum atomic E-state index is 6.02. The summed E-state index contributed by atoms with van der Waals surface area (Å²) in [7, 11) is 2.17. The molecule has 0 aliphatic carbocycles. The van der Waals surface area contributed by atoms with E-state index in [1.807, 2.05) is 0 Å². The first-order valence-corrected chi connectivity index (χ1v) is 6.57. The zero-order chi connectivity index (χ0) is 12.4. The fourth-order valence-corrected chi connectivity index (χ4v) is 2.44. The Morgan fingerprint density at radius 2 is 1.94 bits per heavy atom. The lowest BCUT2D eigenvalue weighted by Crippen LogP contribution is -2.51. The highest BCUT2D eigenvalue weighted by atomic mass is 16.7. The molecular weight excluding hydrogens is 228 g/mol. The molecule has 98 valence electrons. The van der Waals surface area contributed by atoms with Crippen LogP contribution in [0.15, 0.2) is 30.3 Å². The van der Waals surface area contributed by atoms with E-state index in [1.165, 1.54) is 5.56 Å². The van der Waals surface area contributed by atoms with Crippen molar-refractivity contribution in [3.63, 3.8) is 0 Å². The first-order valence-electron chi connectivity index (χ1n) is 6.57. The molecule has 4 nitrogen and oxygen atoms in total. The standard InChI is InChI=1S/C14H20N2O2/c1-15-7-8-16(18-13-10-17-11-13)14(9-15)12-5-3-2-4-6-12/h2-6,13-14H,7-11H2,1H3. The van der Waals surface area contributed by atoms with Crippen molar-refractivity contribution in [2.45, 2.75) is 12.1 Å². The fraction of sp³-hybridized carbons (Fsp3) is 0.571. The third-order valence-corrected chi connectivity index (χ3v) is 3.61. The predicted molar refractivity (Wildman–Crippen MR) is 69.1 cm³/mol. The molecule has 0 aromatic heterocycles. The molecule has 2 saturated heterocycles. The Bertz CT molecular complexity index is 381. The summed E-state index contributed by atoms with van der Waals surface area (Å²) in [5, 5.41) is 2.14. The Balaban J connectivity index is 1.73. The van der Waals surface area contributed by atoms with Crippen molar-refractivity contribution in [3.05, 3.63) is 35.9 Å². The lowest BCUT2D eigenvalue weighted by molar-refractivity contribution is -0.287. The van der Waals surface area contributed by atoms with Crippen LogP contribution >= 0.6 is 0 Å². The zero-order valence-electron chi connectivity index (χ0n) is 10.8. The fourth-order valence-electron chi connectivity index (χ4n) is 2.44. The van der Waals surface area contributed by atoms with Crippen molar-refractivity contribution in [2.24, 2.45) is 0 Å². The highest BCUT2D eigenvalue weighted by Gasteiger charge is 2.31. The molecule has 18 heavy (non-hydrogen) atoms. The third kappa shape index (κ3) is 2.57. The number of likely N-dealkylation sites (N-methyl/N-ethyl adjacent to an activating group) is 1. The number of piperazine rings is 1. The molecule has 4 heteroatoms. The number of benzene rings is 1. The first-order chi connectivity index (χ1) is 8.83. The van der Waals surface area contributed by atoms with Gasteiger partial charge in [0.2, 0.25) is 0 Å². The minimum Gasteiger partial charge on any atom is -0.376 e. The monoisotopic (exact) mass is 248 g/mol. The van der Waals surface area contributed by atoms with E-state index in [4.69, 9.17) is 9.57 Å². The van der Waals surface area contributed by atoms with Crippen LogP contribution in [0, 0.1) is 0 Å². The van der Waals surface area contributed by atoms with Crippen LogP contribution < -0.4 is 0 Å². The second-order valence-corrected chi connectivity index (χ2v) is 5.09. The average molecular weight is 248 g/mol. The molecule has 3 rings (SSSR count). The van der Waals surface area contributed by atoms with E-state index in [1.54, 1.807) is 0 Å². The smallest absolute Gasteiger partial charge is 0.126 e. The minimum absolute atomic E-state index is 0.250. The third-order valence-electron chi connectivity index (χ3n) is 3.61. The van der Waals surface area contributed by atoms with E-state index in [-0.39, 0.29) is 6.10 Å². The van der Waals surface area contributed by atoms with Crippen molar-refractivity contribution in [3.8, 4) is 0 Å². The highest BCUT2D eigenvalue weighted by Crippen LogP contribution is 2.26. The van der Waals surface area contributed by atoms with Gasteiger partial charge in [-0.2, -0.15) is 5.06 Å². The number of nitrogens with zero attached hydrogens (tertiary/aromatic N) is 2. The summed E-state index contributed by atoms with van der Waals surface area (Å²) in [4.78, 5) is 8.38. The largest absolute Gasteiger partial charge is 0.376 e. The van der Waals surface area contributed by atoms with Crippen LogP contribution in [-0.2, 0) is 9.57 Å². The summed E-state index contributed by atoms with van der Waals surface area (Å²) in [5.74, 6) is 0. The van der Waals surface area contributed by atoms with E-state index < -0.39 is 0 Å². The molecule has 0 amide bonds. The van der Waals surface area contributed by atoms with Crippen molar-refractivity contribution in [1.29, 1.82) is 0 Å². The molecule has 1 atom stereocenters. The molecule has 2 aliphatic heterocycles. The molecule has 2 aliphatic rings. The van der Waals surface area contributed by atoms with Gasteiger partial charge in [0.15, 0.2) is 0 Å². The second-order valence-electron chi connectivity index (χ2n) is 5.09. The summed E-state index contributed by atoms with van der Waals surface area (Å²) in [5.41, 5.74) is 1.32. The van der Waals surface area contributed by atoms with Crippen LogP contribution in [0.5, 0.6) is 0 Å². The topological polar surface area (TPSA) is 24.9 Å². The van der Waals surface area contributed by atoms with E-state index in [0.29, 0.717) is 6.04 Å². The SMILES string of the molecule is CN1CCN(OC2COC2)C(c2ccccc2)C1. The van der Waals surface area contributed by atoms with Gasteiger partial charge in [-0.25, -0.2) is 0 Å². The summed E-state index contributed by atoms with van der Waals surface area (Å²) in [6, 6.07) is 10.9. The van der Waals surface area contributed by atoms with E-state index in [0.717, 1.165) is 32.8 Å². The maximum Gasteiger partial charge on any atom is 0.126 e. The summed E-state index contributed by atoms with van der Waals surface area (Å²) in [6.07, 6.45) is 0.250. The number of hydrogen-bond acceptors (Lipinski definition) is 4. The molecule has 0 bridgehead atoms. The number of rotatable bonds is 3. The Labute approximate surface area is 108 Å². The van der Waals surface area contributed by atoms with Crippen LogP contribution in [0.25, 0.3) is 0 Å². The summed E-state index contributed by atoms with van der Waals surface area (Å²) >= 11 is 0. The number of hydroxylamine groups is 2. The average Bonchev–Trinajstić information content (AvgIpc) is 2.36. The van der Waals surface area contributed by atoms with Gasteiger partial charge in [-0.05, 0) is 12.6 Å². The van der Waals surface area contributed by atoms with Gasteiger partial charge >= 0.3 is 0 Å². The number of ether oxygens (including phenoxy) is 1. The molecule has 0 radical (unpaired) electrons. The second kappa shape index (κ2) is 5.36. The van der Waals surface area contributed by atoms with E-state index >= 15 is 0 Å². The van der Waals surface area contributed by atoms with Gasteiger partial charge in [0.25, 0.3) is 0 Å². The highest BCUT2D eigenvalue weighted by molar-refractivity contribution is 5.19. The molecule has 1 aromatic carbocycles. The quantitative estimate of drug-likeness (QED) is 0.805. The zero-order valence-corrected chi connectivity index (χ0v) is 10.8. The van der Waals surface area contributed by atoms with Crippen molar-refractivity contribution in [1.82, 2.24) is 9.96 Å². The van der Waals surface area contributed by atoms with Crippen molar-refractivity contribution in [2.75, 3.05) is 39.9 Å². The molecule has 0 N–H and O–H groups in total. The molecule has 2 fully saturated rings. The first kappa shape index (κ1) is 12.1. The molecular formula is C14H20N2O2.